The first-order chi connectivity index (χ1) is 15.6. The van der Waals surface area contributed by atoms with Crippen LogP contribution in [0.2, 0.25) is 15.1 Å². The van der Waals surface area contributed by atoms with Gasteiger partial charge in [0, 0.05) is 39.2 Å². The van der Waals surface area contributed by atoms with Gasteiger partial charge in [-0.25, -0.2) is 0 Å². The summed E-state index contributed by atoms with van der Waals surface area (Å²) in [4.78, 5) is 17.2. The van der Waals surface area contributed by atoms with Crippen LogP contribution < -0.4 is 5.32 Å². The molecule has 176 valence electrons. The lowest BCUT2D eigenvalue weighted by molar-refractivity contribution is -0.176. The summed E-state index contributed by atoms with van der Waals surface area (Å²) < 4.78 is 30.7. The molecule has 1 N–H and O–H groups in total. The molecule has 0 spiro atoms. The van der Waals surface area contributed by atoms with Crippen molar-refractivity contribution in [1.29, 1.82) is 0 Å². The molecule has 1 amide bonds. The molecule has 2 aromatic rings. The summed E-state index contributed by atoms with van der Waals surface area (Å²) >= 11 is 20.0. The molecule has 1 aliphatic heterocycles. The van der Waals surface area contributed by atoms with Crippen LogP contribution in [0, 0.1) is 0 Å². The van der Waals surface area contributed by atoms with Gasteiger partial charge >= 0.3 is 5.92 Å². The number of nitrogens with zero attached hydrogens (tertiary/aromatic N) is 1. The number of hydrogen-bond donors (Lipinski definition) is 1. The van der Waals surface area contributed by atoms with Crippen molar-refractivity contribution in [2.45, 2.75) is 31.4 Å². The second kappa shape index (κ2) is 10.6. The van der Waals surface area contributed by atoms with Gasteiger partial charge in [-0.1, -0.05) is 58.2 Å². The fraction of sp³-hybridized carbons (Fsp3) is 0.304. The van der Waals surface area contributed by atoms with Crippen molar-refractivity contribution in [1.82, 2.24) is 5.32 Å². The Bertz CT molecular complexity index is 1090. The molecule has 0 aromatic heterocycles. The number of benzene rings is 2. The van der Waals surface area contributed by atoms with Crippen LogP contribution in [0.4, 0.5) is 8.78 Å². The summed E-state index contributed by atoms with van der Waals surface area (Å²) in [6, 6.07) is 9.31. The van der Waals surface area contributed by atoms with Gasteiger partial charge in [-0.15, -0.1) is 0 Å². The lowest BCUT2D eigenvalue weighted by Gasteiger charge is -2.33. The number of carbonyl (C=O) groups is 1. The van der Waals surface area contributed by atoms with Crippen molar-refractivity contribution >= 4 is 58.2 Å². The molecule has 3 rings (SSSR count). The molecular weight excluding hydrogens is 513 g/mol. The summed E-state index contributed by atoms with van der Waals surface area (Å²) in [5, 5.41) is 7.57. The van der Waals surface area contributed by atoms with Gasteiger partial charge in [-0.2, -0.15) is 20.5 Å². The monoisotopic (exact) mass is 532 g/mol. The zero-order valence-corrected chi connectivity index (χ0v) is 20.9. The Hall–Kier alpha value is -1.80. The number of nitrogens with one attached hydrogen (secondary N) is 1. The second-order valence-electron chi connectivity index (χ2n) is 7.43. The number of thioether (sulfide) groups is 1. The van der Waals surface area contributed by atoms with E-state index in [1.165, 1.54) is 43.0 Å². The molecule has 0 saturated carbocycles. The Labute approximate surface area is 210 Å². The number of amides is 1. The Balaban J connectivity index is 1.91. The zero-order valence-electron chi connectivity index (χ0n) is 17.8. The Kier molecular flexibility index (Phi) is 8.32. The van der Waals surface area contributed by atoms with E-state index in [-0.39, 0.29) is 34.5 Å². The quantitative estimate of drug-likeness (QED) is 0.377. The molecule has 0 bridgehead atoms. The van der Waals surface area contributed by atoms with E-state index in [4.69, 9.17) is 39.6 Å². The lowest BCUT2D eigenvalue weighted by atomic mass is 9.81. The molecule has 0 radical (unpaired) electrons. The maximum Gasteiger partial charge on any atom is 0.312 e. The number of carbonyl (C=O) groups excluding carboxylic acids is 1. The summed E-state index contributed by atoms with van der Waals surface area (Å²) in [6.45, 7) is 1.76. The van der Waals surface area contributed by atoms with E-state index < -0.39 is 11.5 Å². The SMILES string of the molecule is CC=CC(F)(F)C1(c2cc(Cl)cc(Cl)c2)CC(c2ccc(CNC(=O)CSC)c(Cl)c2)=NO1. The van der Waals surface area contributed by atoms with Crippen LogP contribution >= 0.6 is 46.6 Å². The third kappa shape index (κ3) is 5.65. The summed E-state index contributed by atoms with van der Waals surface area (Å²) in [7, 11) is 0. The van der Waals surface area contributed by atoms with Crippen LogP contribution in [0.25, 0.3) is 0 Å². The van der Waals surface area contributed by atoms with E-state index in [1.54, 1.807) is 18.2 Å². The Morgan fingerprint density at radius 1 is 1.24 bits per heavy atom. The van der Waals surface area contributed by atoms with E-state index in [0.717, 1.165) is 6.08 Å². The van der Waals surface area contributed by atoms with Gasteiger partial charge in [0.25, 0.3) is 0 Å². The Morgan fingerprint density at radius 3 is 2.55 bits per heavy atom. The van der Waals surface area contributed by atoms with Gasteiger partial charge < -0.3 is 10.2 Å². The average Bonchev–Trinajstić information content (AvgIpc) is 3.20. The van der Waals surface area contributed by atoms with E-state index in [1.807, 2.05) is 6.26 Å². The van der Waals surface area contributed by atoms with E-state index >= 15 is 8.78 Å². The number of alkyl halides is 2. The summed E-state index contributed by atoms with van der Waals surface area (Å²) in [6.07, 6.45) is 3.63. The van der Waals surface area contributed by atoms with Crippen LogP contribution in [0.1, 0.15) is 30.0 Å². The predicted molar refractivity (Wildman–Crippen MR) is 132 cm³/mol. The van der Waals surface area contributed by atoms with E-state index in [2.05, 4.69) is 10.5 Å². The molecule has 4 nitrogen and oxygen atoms in total. The molecule has 0 saturated heterocycles. The van der Waals surface area contributed by atoms with Crippen molar-refractivity contribution in [3.63, 3.8) is 0 Å². The highest BCUT2D eigenvalue weighted by Crippen LogP contribution is 2.49. The highest BCUT2D eigenvalue weighted by Gasteiger charge is 2.59. The maximum atomic E-state index is 15.4. The summed E-state index contributed by atoms with van der Waals surface area (Å²) in [5.41, 5.74) is -0.483. The first-order valence-electron chi connectivity index (χ1n) is 9.89. The molecule has 33 heavy (non-hydrogen) atoms. The minimum Gasteiger partial charge on any atom is -0.377 e. The van der Waals surface area contributed by atoms with Gasteiger partial charge in [0.15, 0.2) is 0 Å². The van der Waals surface area contributed by atoms with Crippen molar-refractivity contribution < 1.29 is 18.4 Å². The highest BCUT2D eigenvalue weighted by atomic mass is 35.5. The van der Waals surface area contributed by atoms with Crippen LogP contribution in [0.3, 0.4) is 0 Å². The van der Waals surface area contributed by atoms with Crippen LogP contribution in [0.15, 0.2) is 53.7 Å². The first kappa shape index (κ1) is 25.8. The van der Waals surface area contributed by atoms with Crippen molar-refractivity contribution in [2.75, 3.05) is 12.0 Å². The van der Waals surface area contributed by atoms with E-state index in [9.17, 15) is 4.79 Å². The normalized spacial score (nSPS) is 18.3. The molecule has 1 heterocycles. The van der Waals surface area contributed by atoms with Crippen LogP contribution in [-0.2, 0) is 21.8 Å². The first-order valence-corrected chi connectivity index (χ1v) is 12.4. The maximum absolute atomic E-state index is 15.4. The molecule has 0 aliphatic carbocycles. The average molecular weight is 534 g/mol. The number of oxime groups is 1. The highest BCUT2D eigenvalue weighted by molar-refractivity contribution is 7.99. The van der Waals surface area contributed by atoms with Gasteiger partial charge in [0.1, 0.15) is 0 Å². The number of halogens is 5. The fourth-order valence-corrected chi connectivity index (χ4v) is 4.63. The number of allylic oxidation sites excluding steroid dienone is 1. The number of rotatable bonds is 8. The lowest BCUT2D eigenvalue weighted by Crippen LogP contribution is -2.44. The largest absolute Gasteiger partial charge is 0.377 e. The Morgan fingerprint density at radius 2 is 1.94 bits per heavy atom. The topological polar surface area (TPSA) is 50.7 Å². The fourth-order valence-electron chi connectivity index (χ4n) is 3.49. The summed E-state index contributed by atoms with van der Waals surface area (Å²) in [5.74, 6) is -3.17. The molecule has 10 heteroatoms. The molecule has 1 aliphatic rings. The minimum absolute atomic E-state index is 0.104. The van der Waals surface area contributed by atoms with E-state index in [0.29, 0.717) is 27.6 Å². The predicted octanol–water partition coefficient (Wildman–Crippen LogP) is 6.86. The van der Waals surface area contributed by atoms with Crippen LogP contribution in [-0.4, -0.2) is 29.6 Å². The van der Waals surface area contributed by atoms with Gasteiger partial charge in [0.05, 0.1) is 11.5 Å². The third-order valence-electron chi connectivity index (χ3n) is 5.11. The van der Waals surface area contributed by atoms with Crippen molar-refractivity contribution in [3.05, 3.63) is 80.3 Å². The minimum atomic E-state index is -3.41. The van der Waals surface area contributed by atoms with Gasteiger partial charge in [-0.3, -0.25) is 4.79 Å². The zero-order chi connectivity index (χ0) is 24.2. The molecule has 2 aromatic carbocycles. The molecule has 0 fully saturated rings. The van der Waals surface area contributed by atoms with Crippen molar-refractivity contribution in [2.24, 2.45) is 5.16 Å². The second-order valence-corrected chi connectivity index (χ2v) is 9.58. The molecule has 1 unspecified atom stereocenters. The number of hydrogen-bond acceptors (Lipinski definition) is 4. The third-order valence-corrected chi connectivity index (χ3v) is 6.45. The molecule has 1 atom stereocenters. The standard InChI is InChI=1S/C23H21Cl3F2N2O2S/c1-3-6-23(27,28)22(16-8-17(24)10-18(25)9-16)11-20(30-32-22)14-4-5-15(19(26)7-14)12-29-21(31)13-33-2/h3-10H,11-13H2,1-2H3,(H,29,31). The van der Waals surface area contributed by atoms with Gasteiger partial charge in [-0.05, 0) is 49.1 Å². The molecular formula is C23H21Cl3F2N2O2S. The van der Waals surface area contributed by atoms with Gasteiger partial charge in [0.2, 0.25) is 11.5 Å². The smallest absolute Gasteiger partial charge is 0.312 e. The van der Waals surface area contributed by atoms with Crippen LogP contribution in [0.5, 0.6) is 0 Å². The van der Waals surface area contributed by atoms with Crippen molar-refractivity contribution in [3.8, 4) is 0 Å².